The number of halogens is 1. The molecule has 1 fully saturated rings. The molecule has 0 spiro atoms. The molecule has 1 aliphatic rings. The largest absolute Gasteiger partial charge is 0.472 e. The maximum atomic E-state index is 12.3. The molecule has 132 valence electrons. The lowest BCUT2D eigenvalue weighted by Gasteiger charge is -2.27. The van der Waals surface area contributed by atoms with Crippen molar-refractivity contribution in [3.05, 3.63) is 23.4 Å². The number of aromatic nitrogens is 1. The lowest BCUT2D eigenvalue weighted by atomic mass is 10.2. The van der Waals surface area contributed by atoms with Crippen LogP contribution in [0.5, 0.6) is 5.88 Å². The SMILES string of the molecule is COC(=O)[C@@H]1C[C@@H](Oc2ccc(Cl)cn2)CN1C(=O)OC(C)(C)C. The highest BCUT2D eigenvalue weighted by molar-refractivity contribution is 6.30. The Balaban J connectivity index is 2.09. The summed E-state index contributed by atoms with van der Waals surface area (Å²) >= 11 is 5.79. The minimum absolute atomic E-state index is 0.207. The number of amides is 1. The van der Waals surface area contributed by atoms with Gasteiger partial charge < -0.3 is 14.2 Å². The summed E-state index contributed by atoms with van der Waals surface area (Å²) in [5.74, 6) is -0.130. The summed E-state index contributed by atoms with van der Waals surface area (Å²) in [5, 5.41) is 0.497. The Bertz CT molecular complexity index is 599. The molecule has 0 aliphatic carbocycles. The molecular weight excluding hydrogens is 336 g/mol. The van der Waals surface area contributed by atoms with Crippen LogP contribution in [0.1, 0.15) is 27.2 Å². The van der Waals surface area contributed by atoms with Crippen molar-refractivity contribution >= 4 is 23.7 Å². The number of nitrogens with zero attached hydrogens (tertiary/aromatic N) is 2. The van der Waals surface area contributed by atoms with E-state index in [4.69, 9.17) is 25.8 Å². The minimum Gasteiger partial charge on any atom is -0.472 e. The van der Waals surface area contributed by atoms with Crippen LogP contribution in [0.2, 0.25) is 5.02 Å². The molecular formula is C16H21ClN2O5. The monoisotopic (exact) mass is 356 g/mol. The molecule has 8 heteroatoms. The van der Waals surface area contributed by atoms with Crippen LogP contribution < -0.4 is 4.74 Å². The molecule has 0 unspecified atom stereocenters. The van der Waals surface area contributed by atoms with Crippen LogP contribution in [0.25, 0.3) is 0 Å². The maximum absolute atomic E-state index is 12.3. The summed E-state index contributed by atoms with van der Waals surface area (Å²) in [4.78, 5) is 29.7. The van der Waals surface area contributed by atoms with Gasteiger partial charge in [0.2, 0.25) is 5.88 Å². The van der Waals surface area contributed by atoms with Gasteiger partial charge in [-0.2, -0.15) is 0 Å². The van der Waals surface area contributed by atoms with E-state index in [1.807, 2.05) is 0 Å². The lowest BCUT2D eigenvalue weighted by molar-refractivity contribution is -0.145. The van der Waals surface area contributed by atoms with Gasteiger partial charge in [-0.3, -0.25) is 4.90 Å². The van der Waals surface area contributed by atoms with E-state index in [1.165, 1.54) is 18.2 Å². The molecule has 1 aromatic rings. The average Bonchev–Trinajstić information content (AvgIpc) is 2.91. The second kappa shape index (κ2) is 7.25. The van der Waals surface area contributed by atoms with Gasteiger partial charge in [-0.1, -0.05) is 11.6 Å². The maximum Gasteiger partial charge on any atom is 0.411 e. The zero-order chi connectivity index (χ0) is 17.9. The Morgan fingerprint density at radius 1 is 1.33 bits per heavy atom. The van der Waals surface area contributed by atoms with Crippen LogP contribution >= 0.6 is 11.6 Å². The number of methoxy groups -OCH3 is 1. The van der Waals surface area contributed by atoms with Crippen molar-refractivity contribution in [2.45, 2.75) is 44.9 Å². The summed E-state index contributed by atoms with van der Waals surface area (Å²) in [5.41, 5.74) is -0.658. The number of hydrogen-bond acceptors (Lipinski definition) is 6. The zero-order valence-electron chi connectivity index (χ0n) is 14.1. The molecule has 2 atom stereocenters. The van der Waals surface area contributed by atoms with Gasteiger partial charge in [0.15, 0.2) is 0 Å². The van der Waals surface area contributed by atoms with E-state index in [2.05, 4.69) is 4.98 Å². The second-order valence-electron chi connectivity index (χ2n) is 6.46. The molecule has 2 heterocycles. The average molecular weight is 357 g/mol. The number of ether oxygens (including phenoxy) is 3. The Morgan fingerprint density at radius 3 is 2.58 bits per heavy atom. The lowest BCUT2D eigenvalue weighted by Crippen LogP contribution is -2.44. The van der Waals surface area contributed by atoms with Gasteiger partial charge in [-0.05, 0) is 26.8 Å². The first-order valence-electron chi connectivity index (χ1n) is 7.55. The highest BCUT2D eigenvalue weighted by atomic mass is 35.5. The molecule has 1 aromatic heterocycles. The number of carbonyl (C=O) groups is 2. The van der Waals surface area contributed by atoms with Gasteiger partial charge in [0.05, 0.1) is 18.7 Å². The van der Waals surface area contributed by atoms with Crippen LogP contribution in [-0.2, 0) is 14.3 Å². The first kappa shape index (κ1) is 18.3. The Hall–Kier alpha value is -2.02. The fourth-order valence-corrected chi connectivity index (χ4v) is 2.48. The van der Waals surface area contributed by atoms with Crippen molar-refractivity contribution in [2.75, 3.05) is 13.7 Å². The predicted molar refractivity (Wildman–Crippen MR) is 87.0 cm³/mol. The summed E-state index contributed by atoms with van der Waals surface area (Å²) in [7, 11) is 1.28. The highest BCUT2D eigenvalue weighted by Gasteiger charge is 2.43. The number of pyridine rings is 1. The standard InChI is InChI=1S/C16H21ClN2O5/c1-16(2,3)24-15(21)19-9-11(7-12(19)14(20)22-4)23-13-6-5-10(17)8-18-13/h5-6,8,11-12H,7,9H2,1-4H3/t11-,12+/m1/s1. The van der Waals surface area contributed by atoms with Gasteiger partial charge in [0.25, 0.3) is 0 Å². The first-order chi connectivity index (χ1) is 11.2. The number of esters is 1. The zero-order valence-corrected chi connectivity index (χ0v) is 14.9. The summed E-state index contributed by atoms with van der Waals surface area (Å²) in [6.45, 7) is 5.50. The van der Waals surface area contributed by atoms with Crippen molar-refractivity contribution in [3.8, 4) is 5.88 Å². The molecule has 7 nitrogen and oxygen atoms in total. The molecule has 0 aromatic carbocycles. The molecule has 24 heavy (non-hydrogen) atoms. The fourth-order valence-electron chi connectivity index (χ4n) is 2.37. The van der Waals surface area contributed by atoms with Crippen LogP contribution in [0.4, 0.5) is 4.79 Å². The summed E-state index contributed by atoms with van der Waals surface area (Å²) in [6.07, 6.45) is 0.800. The van der Waals surface area contributed by atoms with Gasteiger partial charge in [-0.15, -0.1) is 0 Å². The van der Waals surface area contributed by atoms with Crippen LogP contribution in [0.15, 0.2) is 18.3 Å². The van der Waals surface area contributed by atoms with E-state index in [9.17, 15) is 9.59 Å². The third-order valence-corrected chi connectivity index (χ3v) is 3.58. The molecule has 1 amide bonds. The smallest absolute Gasteiger partial charge is 0.411 e. The topological polar surface area (TPSA) is 78.0 Å². The fraction of sp³-hybridized carbons (Fsp3) is 0.562. The molecule has 0 bridgehead atoms. The van der Waals surface area contributed by atoms with E-state index in [1.54, 1.807) is 32.9 Å². The van der Waals surface area contributed by atoms with Crippen molar-refractivity contribution in [2.24, 2.45) is 0 Å². The van der Waals surface area contributed by atoms with Crippen molar-refractivity contribution in [1.82, 2.24) is 9.88 Å². The normalized spacial score (nSPS) is 20.6. The highest BCUT2D eigenvalue weighted by Crippen LogP contribution is 2.25. The first-order valence-corrected chi connectivity index (χ1v) is 7.93. The Labute approximate surface area is 145 Å². The van der Waals surface area contributed by atoms with Crippen LogP contribution in [0, 0.1) is 0 Å². The number of rotatable bonds is 3. The van der Waals surface area contributed by atoms with E-state index in [0.29, 0.717) is 17.3 Å². The van der Waals surface area contributed by atoms with E-state index in [-0.39, 0.29) is 6.54 Å². The summed E-state index contributed by atoms with van der Waals surface area (Å²) in [6, 6.07) is 2.54. The molecule has 0 saturated carbocycles. The predicted octanol–water partition coefficient (Wildman–Crippen LogP) is 2.66. The van der Waals surface area contributed by atoms with Gasteiger partial charge in [0, 0.05) is 18.7 Å². The second-order valence-corrected chi connectivity index (χ2v) is 6.90. The Kier molecular flexibility index (Phi) is 5.54. The van der Waals surface area contributed by atoms with Crippen molar-refractivity contribution in [1.29, 1.82) is 0 Å². The minimum atomic E-state index is -0.748. The van der Waals surface area contributed by atoms with E-state index >= 15 is 0 Å². The molecule has 0 N–H and O–H groups in total. The number of likely N-dealkylation sites (tertiary alicyclic amines) is 1. The number of hydrogen-bond donors (Lipinski definition) is 0. The molecule has 0 radical (unpaired) electrons. The van der Waals surface area contributed by atoms with Crippen molar-refractivity contribution in [3.63, 3.8) is 0 Å². The number of carbonyl (C=O) groups excluding carboxylic acids is 2. The van der Waals surface area contributed by atoms with E-state index in [0.717, 1.165) is 0 Å². The summed E-state index contributed by atoms with van der Waals surface area (Å²) < 4.78 is 15.9. The molecule has 2 rings (SSSR count). The van der Waals surface area contributed by atoms with E-state index < -0.39 is 29.8 Å². The van der Waals surface area contributed by atoms with Gasteiger partial charge in [-0.25, -0.2) is 14.6 Å². The Morgan fingerprint density at radius 2 is 2.04 bits per heavy atom. The molecule has 1 saturated heterocycles. The third kappa shape index (κ3) is 4.74. The van der Waals surface area contributed by atoms with Gasteiger partial charge >= 0.3 is 12.1 Å². The third-order valence-electron chi connectivity index (χ3n) is 3.35. The molecule has 1 aliphatic heterocycles. The van der Waals surface area contributed by atoms with Crippen molar-refractivity contribution < 1.29 is 23.8 Å². The quantitative estimate of drug-likeness (QED) is 0.775. The van der Waals surface area contributed by atoms with Crippen LogP contribution in [0.3, 0.4) is 0 Å². The van der Waals surface area contributed by atoms with Gasteiger partial charge in [0.1, 0.15) is 17.7 Å². The van der Waals surface area contributed by atoms with Crippen LogP contribution in [-0.4, -0.2) is 53.3 Å².